The lowest BCUT2D eigenvalue weighted by Crippen LogP contribution is -2.22. The second kappa shape index (κ2) is 7.72. The van der Waals surface area contributed by atoms with Gasteiger partial charge in [0.15, 0.2) is 0 Å². The van der Waals surface area contributed by atoms with E-state index in [1.165, 1.54) is 12.1 Å². The van der Waals surface area contributed by atoms with E-state index < -0.39 is 16.7 Å². The zero-order valence-corrected chi connectivity index (χ0v) is 18.1. The molecule has 0 atom stereocenters. The number of nitrogens with one attached hydrogen (secondary N) is 2. The lowest BCUT2D eigenvalue weighted by molar-refractivity contribution is -0.384. The molecule has 1 aliphatic rings. The molecule has 166 valence electrons. The van der Waals surface area contributed by atoms with Crippen LogP contribution in [-0.4, -0.2) is 51.8 Å². The summed E-state index contributed by atoms with van der Waals surface area (Å²) in [7, 11) is 3.91. The van der Waals surface area contributed by atoms with Crippen molar-refractivity contribution in [2.45, 2.75) is 6.54 Å². The molecule has 0 spiro atoms. The lowest BCUT2D eigenvalue weighted by Gasteiger charge is -2.11. The lowest BCUT2D eigenvalue weighted by atomic mass is 9.95. The summed E-state index contributed by atoms with van der Waals surface area (Å²) >= 11 is 0. The van der Waals surface area contributed by atoms with Gasteiger partial charge in [-0.05, 0) is 26.2 Å². The van der Waals surface area contributed by atoms with E-state index in [0.29, 0.717) is 23.1 Å². The molecule has 0 saturated heterocycles. The van der Waals surface area contributed by atoms with E-state index in [1.54, 1.807) is 18.5 Å². The van der Waals surface area contributed by atoms with Gasteiger partial charge in [-0.3, -0.25) is 25.0 Å². The predicted octanol–water partition coefficient (Wildman–Crippen LogP) is 3.16. The van der Waals surface area contributed by atoms with Gasteiger partial charge in [0.2, 0.25) is 0 Å². The second-order valence-corrected chi connectivity index (χ2v) is 8.28. The molecular weight excluding hydrogens is 422 g/mol. The molecule has 3 heterocycles. The molecule has 0 bridgehead atoms. The molecule has 0 unspecified atom stereocenters. The minimum Gasteiger partial charge on any atom is -0.361 e. The van der Waals surface area contributed by atoms with E-state index >= 15 is 0 Å². The summed E-state index contributed by atoms with van der Waals surface area (Å²) in [6.45, 7) is 1.35. The van der Waals surface area contributed by atoms with Crippen molar-refractivity contribution >= 4 is 50.5 Å². The van der Waals surface area contributed by atoms with Crippen LogP contribution in [0, 0.1) is 10.1 Å². The topological polar surface area (TPSA) is 113 Å². The summed E-state index contributed by atoms with van der Waals surface area (Å²) in [5.74, 6) is -1.00. The fourth-order valence-corrected chi connectivity index (χ4v) is 4.34. The minimum atomic E-state index is -0.515. The first-order valence-electron chi connectivity index (χ1n) is 10.4. The number of nitro groups is 1. The van der Waals surface area contributed by atoms with Gasteiger partial charge in [0.1, 0.15) is 0 Å². The molecule has 0 saturated carbocycles. The third kappa shape index (κ3) is 3.39. The molecule has 2 amide bonds. The zero-order chi connectivity index (χ0) is 23.3. The van der Waals surface area contributed by atoms with Crippen LogP contribution in [0.3, 0.4) is 0 Å². The Bertz CT molecular complexity index is 1490. The van der Waals surface area contributed by atoms with Crippen molar-refractivity contribution in [3.8, 4) is 0 Å². The van der Waals surface area contributed by atoms with Gasteiger partial charge in [-0.2, -0.15) is 0 Å². The van der Waals surface area contributed by atoms with Crippen molar-refractivity contribution in [2.24, 2.45) is 0 Å². The highest BCUT2D eigenvalue weighted by atomic mass is 16.6. The summed E-state index contributed by atoms with van der Waals surface area (Å²) in [6, 6.07) is 12.1. The van der Waals surface area contributed by atoms with Crippen LogP contribution in [-0.2, 0) is 16.1 Å². The van der Waals surface area contributed by atoms with Crippen LogP contribution in [0.15, 0.2) is 54.9 Å². The van der Waals surface area contributed by atoms with Gasteiger partial charge in [0.25, 0.3) is 17.5 Å². The Morgan fingerprint density at radius 2 is 1.73 bits per heavy atom. The number of hydrogen-bond acceptors (Lipinski definition) is 5. The van der Waals surface area contributed by atoms with Crippen LogP contribution in [0.4, 0.5) is 5.69 Å². The molecule has 4 aromatic rings. The maximum Gasteiger partial charge on any atom is 0.270 e. The number of para-hydroxylation sites is 1. The Labute approximate surface area is 188 Å². The molecule has 2 aromatic heterocycles. The highest BCUT2D eigenvalue weighted by Crippen LogP contribution is 2.39. The smallest absolute Gasteiger partial charge is 0.270 e. The van der Waals surface area contributed by atoms with Crippen LogP contribution in [0.5, 0.6) is 0 Å². The van der Waals surface area contributed by atoms with Crippen LogP contribution < -0.4 is 5.32 Å². The fraction of sp³-hybridized carbons (Fsp3) is 0.167. The SMILES string of the molecule is CN(C)CCn1cc(C2=C(c3c[nH]c4ccccc34)C(=O)NC2=O)c2cc([N+](=O)[O-])ccc21. The Morgan fingerprint density at radius 3 is 2.45 bits per heavy atom. The van der Waals surface area contributed by atoms with E-state index in [0.717, 1.165) is 23.0 Å². The largest absolute Gasteiger partial charge is 0.361 e. The molecular formula is C24H21N5O4. The number of aromatic amines is 1. The Hall–Kier alpha value is -4.24. The number of hydrogen-bond donors (Lipinski definition) is 2. The van der Waals surface area contributed by atoms with E-state index in [2.05, 4.69) is 10.3 Å². The van der Waals surface area contributed by atoms with Crippen LogP contribution in [0.1, 0.15) is 11.1 Å². The second-order valence-electron chi connectivity index (χ2n) is 8.28. The number of non-ortho nitro benzene ring substituents is 1. The molecule has 5 rings (SSSR count). The Balaban J connectivity index is 1.79. The third-order valence-electron chi connectivity index (χ3n) is 5.92. The molecule has 9 nitrogen and oxygen atoms in total. The number of nitro benzene ring substituents is 1. The molecule has 9 heteroatoms. The van der Waals surface area contributed by atoms with Crippen molar-refractivity contribution in [3.63, 3.8) is 0 Å². The number of nitrogens with zero attached hydrogens (tertiary/aromatic N) is 3. The van der Waals surface area contributed by atoms with Gasteiger partial charge in [-0.25, -0.2) is 0 Å². The van der Waals surface area contributed by atoms with E-state index in [4.69, 9.17) is 0 Å². The monoisotopic (exact) mass is 443 g/mol. The first kappa shape index (κ1) is 20.7. The minimum absolute atomic E-state index is 0.0758. The van der Waals surface area contributed by atoms with Crippen LogP contribution in [0.2, 0.25) is 0 Å². The molecule has 2 aromatic carbocycles. The van der Waals surface area contributed by atoms with E-state index in [1.807, 2.05) is 47.8 Å². The number of carbonyl (C=O) groups excluding carboxylic acids is 2. The molecule has 1 aliphatic heterocycles. The number of H-pyrrole nitrogens is 1. The molecule has 2 N–H and O–H groups in total. The number of fused-ring (bicyclic) bond motifs is 2. The average molecular weight is 443 g/mol. The van der Waals surface area contributed by atoms with Crippen LogP contribution >= 0.6 is 0 Å². The number of likely N-dealkylation sites (N-methyl/N-ethyl adjacent to an activating group) is 1. The van der Waals surface area contributed by atoms with Crippen molar-refractivity contribution in [1.82, 2.24) is 19.8 Å². The predicted molar refractivity (Wildman–Crippen MR) is 125 cm³/mol. The Morgan fingerprint density at radius 1 is 1.00 bits per heavy atom. The van der Waals surface area contributed by atoms with Gasteiger partial charge < -0.3 is 14.5 Å². The number of amides is 2. The van der Waals surface area contributed by atoms with Gasteiger partial charge in [-0.1, -0.05) is 18.2 Å². The number of benzene rings is 2. The highest BCUT2D eigenvalue weighted by molar-refractivity contribution is 6.50. The maximum absolute atomic E-state index is 13.0. The molecule has 0 aliphatic carbocycles. The summed E-state index contributed by atoms with van der Waals surface area (Å²) in [6.07, 6.45) is 3.52. The summed E-state index contributed by atoms with van der Waals surface area (Å²) in [4.78, 5) is 42.1. The zero-order valence-electron chi connectivity index (χ0n) is 18.1. The maximum atomic E-state index is 13.0. The third-order valence-corrected chi connectivity index (χ3v) is 5.92. The quantitative estimate of drug-likeness (QED) is 0.270. The first-order valence-corrected chi connectivity index (χ1v) is 10.4. The molecule has 0 radical (unpaired) electrons. The highest BCUT2D eigenvalue weighted by Gasteiger charge is 2.35. The van der Waals surface area contributed by atoms with Gasteiger partial charge in [0, 0.05) is 70.5 Å². The van der Waals surface area contributed by atoms with Gasteiger partial charge in [-0.15, -0.1) is 0 Å². The number of imide groups is 1. The number of carbonyl (C=O) groups is 2. The molecule has 33 heavy (non-hydrogen) atoms. The van der Waals surface area contributed by atoms with E-state index in [9.17, 15) is 19.7 Å². The van der Waals surface area contributed by atoms with Crippen molar-refractivity contribution in [2.75, 3.05) is 20.6 Å². The van der Waals surface area contributed by atoms with Gasteiger partial charge >= 0.3 is 0 Å². The summed E-state index contributed by atoms with van der Waals surface area (Å²) < 4.78 is 1.96. The Kier molecular flexibility index (Phi) is 4.83. The van der Waals surface area contributed by atoms with Crippen molar-refractivity contribution in [1.29, 1.82) is 0 Å². The van der Waals surface area contributed by atoms with Crippen molar-refractivity contribution in [3.05, 3.63) is 76.1 Å². The van der Waals surface area contributed by atoms with Gasteiger partial charge in [0.05, 0.1) is 16.1 Å². The summed E-state index contributed by atoms with van der Waals surface area (Å²) in [5.41, 5.74) is 3.12. The van der Waals surface area contributed by atoms with E-state index in [-0.39, 0.29) is 16.8 Å². The normalized spacial score (nSPS) is 14.2. The molecule has 0 fully saturated rings. The first-order chi connectivity index (χ1) is 15.8. The average Bonchev–Trinajstić information content (AvgIpc) is 3.44. The summed E-state index contributed by atoms with van der Waals surface area (Å²) in [5, 5.41) is 15.2. The van der Waals surface area contributed by atoms with Crippen LogP contribution in [0.25, 0.3) is 33.0 Å². The standard InChI is InChI=1S/C24H21N5O4/c1-27(2)9-10-28-13-18(16-11-14(29(32)33)7-8-20(16)28)22-21(23(30)26-24(22)31)17-12-25-19-6-4-3-5-15(17)19/h3-8,11-13,25H,9-10H2,1-2H3,(H,26,30,31). The van der Waals surface area contributed by atoms with Crippen molar-refractivity contribution < 1.29 is 14.5 Å². The number of rotatable bonds is 6. The number of aromatic nitrogens is 2. The fourth-order valence-electron chi connectivity index (χ4n) is 4.34.